The Morgan fingerprint density at radius 2 is 1.80 bits per heavy atom. The first-order chi connectivity index (χ1) is 7.24. The van der Waals surface area contributed by atoms with Gasteiger partial charge in [-0.3, -0.25) is 0 Å². The summed E-state index contributed by atoms with van der Waals surface area (Å²) in [5, 5.41) is 3.43. The van der Waals surface area contributed by atoms with Crippen molar-refractivity contribution in [1.82, 2.24) is 5.32 Å². The van der Waals surface area contributed by atoms with E-state index in [0.29, 0.717) is 5.41 Å². The molecule has 15 heavy (non-hydrogen) atoms. The van der Waals surface area contributed by atoms with Crippen LogP contribution in [0, 0.1) is 5.41 Å². The number of hydrogen-bond acceptors (Lipinski definition) is 2. The lowest BCUT2D eigenvalue weighted by atomic mass is 9.60. The van der Waals surface area contributed by atoms with Gasteiger partial charge in [-0.15, -0.1) is 0 Å². The highest BCUT2D eigenvalue weighted by Gasteiger charge is 2.44. The molecule has 0 aromatic rings. The van der Waals surface area contributed by atoms with Crippen molar-refractivity contribution in [1.29, 1.82) is 0 Å². The zero-order valence-corrected chi connectivity index (χ0v) is 10.3. The van der Waals surface area contributed by atoms with Crippen molar-refractivity contribution < 1.29 is 4.74 Å². The summed E-state index contributed by atoms with van der Waals surface area (Å²) in [5.74, 6) is 0. The third kappa shape index (κ3) is 2.21. The Balaban J connectivity index is 1.99. The van der Waals surface area contributed by atoms with Gasteiger partial charge in [0.2, 0.25) is 0 Å². The van der Waals surface area contributed by atoms with E-state index >= 15 is 0 Å². The number of nitrogens with one attached hydrogen (secondary N) is 1. The molecule has 0 bridgehead atoms. The first-order valence-electron chi connectivity index (χ1n) is 6.50. The molecule has 0 amide bonds. The van der Waals surface area contributed by atoms with Gasteiger partial charge >= 0.3 is 0 Å². The molecular weight excluding hydrogens is 186 g/mol. The Hall–Kier alpha value is -0.0800. The van der Waals surface area contributed by atoms with E-state index in [-0.39, 0.29) is 5.60 Å². The van der Waals surface area contributed by atoms with Gasteiger partial charge < -0.3 is 10.1 Å². The number of piperidine rings is 1. The molecule has 2 heteroatoms. The second-order valence-electron chi connectivity index (χ2n) is 5.52. The van der Waals surface area contributed by atoms with Gasteiger partial charge in [0.15, 0.2) is 0 Å². The van der Waals surface area contributed by atoms with Gasteiger partial charge in [-0.05, 0) is 50.6 Å². The minimum Gasteiger partial charge on any atom is -0.378 e. The lowest BCUT2D eigenvalue weighted by Gasteiger charge is -2.49. The predicted molar refractivity (Wildman–Crippen MR) is 63.0 cm³/mol. The molecule has 1 aliphatic carbocycles. The highest BCUT2D eigenvalue weighted by molar-refractivity contribution is 4.97. The van der Waals surface area contributed by atoms with Crippen LogP contribution in [0.1, 0.15) is 51.9 Å². The summed E-state index contributed by atoms with van der Waals surface area (Å²) in [6, 6.07) is 0. The van der Waals surface area contributed by atoms with Crippen LogP contribution in [0.5, 0.6) is 0 Å². The monoisotopic (exact) mass is 211 g/mol. The van der Waals surface area contributed by atoms with Gasteiger partial charge in [-0.25, -0.2) is 0 Å². The average Bonchev–Trinajstić information content (AvgIpc) is 2.25. The summed E-state index contributed by atoms with van der Waals surface area (Å²) in [5.41, 5.74) is 0.828. The molecule has 1 saturated carbocycles. The molecule has 2 fully saturated rings. The van der Waals surface area contributed by atoms with E-state index in [1.165, 1.54) is 44.9 Å². The third-order valence-electron chi connectivity index (χ3n) is 4.81. The molecule has 1 saturated heterocycles. The molecule has 1 heterocycles. The summed E-state index contributed by atoms with van der Waals surface area (Å²) in [7, 11) is 1.91. The zero-order chi connectivity index (χ0) is 10.8. The maximum atomic E-state index is 5.87. The number of hydrogen-bond donors (Lipinski definition) is 1. The Labute approximate surface area is 93.8 Å². The van der Waals surface area contributed by atoms with Gasteiger partial charge in [-0.1, -0.05) is 19.8 Å². The number of rotatable bonds is 4. The Kier molecular flexibility index (Phi) is 3.36. The molecule has 0 aromatic heterocycles. The van der Waals surface area contributed by atoms with E-state index < -0.39 is 0 Å². The van der Waals surface area contributed by atoms with Gasteiger partial charge in [0.1, 0.15) is 0 Å². The van der Waals surface area contributed by atoms with Gasteiger partial charge in [0, 0.05) is 7.11 Å². The molecule has 0 atom stereocenters. The summed E-state index contributed by atoms with van der Waals surface area (Å²) in [6.07, 6.45) is 9.34. The number of methoxy groups -OCH3 is 1. The molecule has 0 spiro atoms. The summed E-state index contributed by atoms with van der Waals surface area (Å²) in [6.45, 7) is 4.62. The van der Waals surface area contributed by atoms with Crippen LogP contribution in [0.2, 0.25) is 0 Å². The van der Waals surface area contributed by atoms with Crippen LogP contribution in [0.3, 0.4) is 0 Å². The Morgan fingerprint density at radius 3 is 2.20 bits per heavy atom. The Bertz CT molecular complexity index is 199. The smallest absolute Gasteiger partial charge is 0.0708 e. The van der Waals surface area contributed by atoms with Crippen LogP contribution in [-0.4, -0.2) is 25.8 Å². The first kappa shape index (κ1) is 11.4. The fraction of sp³-hybridized carbons (Fsp3) is 1.00. The molecular formula is C13H25NO. The largest absolute Gasteiger partial charge is 0.378 e. The highest BCUT2D eigenvalue weighted by Crippen LogP contribution is 2.51. The molecule has 0 unspecified atom stereocenters. The van der Waals surface area contributed by atoms with Crippen molar-refractivity contribution in [3.63, 3.8) is 0 Å². The summed E-state index contributed by atoms with van der Waals surface area (Å²) in [4.78, 5) is 0. The molecule has 1 aliphatic heterocycles. The van der Waals surface area contributed by atoms with E-state index in [9.17, 15) is 0 Å². The van der Waals surface area contributed by atoms with E-state index in [1.807, 2.05) is 7.11 Å². The van der Waals surface area contributed by atoms with E-state index in [4.69, 9.17) is 4.74 Å². The van der Waals surface area contributed by atoms with E-state index in [0.717, 1.165) is 13.1 Å². The fourth-order valence-corrected chi connectivity index (χ4v) is 3.35. The van der Waals surface area contributed by atoms with Crippen molar-refractivity contribution >= 4 is 0 Å². The lowest BCUT2D eigenvalue weighted by molar-refractivity contribution is -0.0871. The van der Waals surface area contributed by atoms with E-state index in [1.54, 1.807) is 0 Å². The standard InChI is InChI=1S/C13H25NO/c1-3-12(5-4-6-12)11-13(15-2)7-9-14-10-8-13/h14H,3-11H2,1-2H3. The topological polar surface area (TPSA) is 21.3 Å². The van der Waals surface area contributed by atoms with Crippen LogP contribution < -0.4 is 5.32 Å². The lowest BCUT2D eigenvalue weighted by Crippen LogP contribution is -2.48. The minimum absolute atomic E-state index is 0.196. The summed E-state index contributed by atoms with van der Waals surface area (Å²) < 4.78 is 5.87. The third-order valence-corrected chi connectivity index (χ3v) is 4.81. The predicted octanol–water partition coefficient (Wildman–Crippen LogP) is 2.73. The van der Waals surface area contributed by atoms with Crippen molar-refractivity contribution in [3.8, 4) is 0 Å². The van der Waals surface area contributed by atoms with E-state index in [2.05, 4.69) is 12.2 Å². The van der Waals surface area contributed by atoms with Crippen LogP contribution in [-0.2, 0) is 4.74 Å². The molecule has 88 valence electrons. The minimum atomic E-state index is 0.196. The molecule has 0 radical (unpaired) electrons. The second kappa shape index (κ2) is 4.42. The van der Waals surface area contributed by atoms with Crippen LogP contribution >= 0.6 is 0 Å². The molecule has 2 nitrogen and oxygen atoms in total. The van der Waals surface area contributed by atoms with Crippen LogP contribution in [0.25, 0.3) is 0 Å². The van der Waals surface area contributed by atoms with Gasteiger partial charge in [0.25, 0.3) is 0 Å². The van der Waals surface area contributed by atoms with Gasteiger partial charge in [-0.2, -0.15) is 0 Å². The SMILES string of the molecule is CCC1(CC2(OC)CCNCC2)CCC1. The second-order valence-corrected chi connectivity index (χ2v) is 5.52. The first-order valence-corrected chi connectivity index (χ1v) is 6.50. The fourth-order valence-electron chi connectivity index (χ4n) is 3.35. The molecule has 2 rings (SSSR count). The molecule has 0 aromatic carbocycles. The van der Waals surface area contributed by atoms with Crippen LogP contribution in [0.15, 0.2) is 0 Å². The normalized spacial score (nSPS) is 28.4. The summed E-state index contributed by atoms with van der Waals surface area (Å²) >= 11 is 0. The van der Waals surface area contributed by atoms with Crippen LogP contribution in [0.4, 0.5) is 0 Å². The maximum Gasteiger partial charge on any atom is 0.0708 e. The van der Waals surface area contributed by atoms with Crippen molar-refractivity contribution in [2.24, 2.45) is 5.41 Å². The average molecular weight is 211 g/mol. The molecule has 1 N–H and O–H groups in total. The van der Waals surface area contributed by atoms with Gasteiger partial charge in [0.05, 0.1) is 5.60 Å². The van der Waals surface area contributed by atoms with Crippen molar-refractivity contribution in [3.05, 3.63) is 0 Å². The number of ether oxygens (including phenoxy) is 1. The maximum absolute atomic E-state index is 5.87. The Morgan fingerprint density at radius 1 is 1.13 bits per heavy atom. The quantitative estimate of drug-likeness (QED) is 0.772. The zero-order valence-electron chi connectivity index (χ0n) is 10.3. The van der Waals surface area contributed by atoms with Crippen molar-refractivity contribution in [2.75, 3.05) is 20.2 Å². The highest BCUT2D eigenvalue weighted by atomic mass is 16.5. The molecule has 2 aliphatic rings. The van der Waals surface area contributed by atoms with Crippen molar-refractivity contribution in [2.45, 2.75) is 57.5 Å².